The van der Waals surface area contributed by atoms with Gasteiger partial charge in [0.15, 0.2) is 11.3 Å². The first-order valence-electron chi connectivity index (χ1n) is 22.4. The van der Waals surface area contributed by atoms with Crippen molar-refractivity contribution in [2.75, 3.05) is 37.1 Å². The molecule has 0 aliphatic carbocycles. The molecule has 2 amide bonds. The standard InChI is InChI=1S/C45H61BrFN11O4/c1-5-36-31(42(52-29-14-18-61-19-15-29)33-26-51-57(7-3)44(33)54-36)24-48-27-38-41-43(53-30-16-20-62-21-17-30)32(37(6-2)55-45(41)58(8-4)56-38)25-50-40(60)11-9-10-39(59)49-23-28-12-13-35(47)34(46)22-28/h12-13,22,26,29-30,48H,5-11,14-21,23-25,27H2,1-4H3,(H,49,59)(H,50,60)(H,52,54)(H,53,55). The first-order valence-corrected chi connectivity index (χ1v) is 23.1. The summed E-state index contributed by atoms with van der Waals surface area (Å²) < 4.78 is 29.3. The molecule has 334 valence electrons. The number of pyridine rings is 2. The smallest absolute Gasteiger partial charge is 0.220 e. The van der Waals surface area contributed by atoms with E-state index in [0.29, 0.717) is 56.2 Å². The molecule has 4 aromatic heterocycles. The second-order valence-electron chi connectivity index (χ2n) is 16.0. The first-order chi connectivity index (χ1) is 30.2. The molecule has 2 aliphatic heterocycles. The predicted octanol–water partition coefficient (Wildman–Crippen LogP) is 6.82. The van der Waals surface area contributed by atoms with Crippen molar-refractivity contribution >= 4 is 61.2 Å². The monoisotopic (exact) mass is 917 g/mol. The molecular weight excluding hydrogens is 857 g/mol. The zero-order valence-electron chi connectivity index (χ0n) is 36.5. The van der Waals surface area contributed by atoms with Gasteiger partial charge in [0.1, 0.15) is 5.82 Å². The van der Waals surface area contributed by atoms with Gasteiger partial charge in [-0.1, -0.05) is 19.9 Å². The van der Waals surface area contributed by atoms with Crippen LogP contribution in [0.2, 0.25) is 0 Å². The van der Waals surface area contributed by atoms with Crippen LogP contribution in [0.15, 0.2) is 28.9 Å². The highest BCUT2D eigenvalue weighted by atomic mass is 79.9. The Morgan fingerprint density at radius 2 is 1.35 bits per heavy atom. The molecule has 6 heterocycles. The maximum Gasteiger partial charge on any atom is 0.220 e. The Balaban J connectivity index is 1.11. The summed E-state index contributed by atoms with van der Waals surface area (Å²) >= 11 is 3.18. The maximum absolute atomic E-state index is 13.6. The summed E-state index contributed by atoms with van der Waals surface area (Å²) in [7, 11) is 0. The number of nitrogens with zero attached hydrogens (tertiary/aromatic N) is 6. The van der Waals surface area contributed by atoms with E-state index in [9.17, 15) is 14.0 Å². The van der Waals surface area contributed by atoms with Crippen LogP contribution in [0.1, 0.15) is 106 Å². The zero-order chi connectivity index (χ0) is 43.6. The summed E-state index contributed by atoms with van der Waals surface area (Å²) in [4.78, 5) is 36.3. The van der Waals surface area contributed by atoms with Gasteiger partial charge < -0.3 is 36.1 Å². The lowest BCUT2D eigenvalue weighted by atomic mass is 10.0. The number of carbonyl (C=O) groups excluding carboxylic acids is 2. The number of fused-ring (bicyclic) bond motifs is 2. The Morgan fingerprint density at radius 3 is 1.97 bits per heavy atom. The van der Waals surface area contributed by atoms with Crippen molar-refractivity contribution in [3.8, 4) is 0 Å². The molecule has 0 radical (unpaired) electrons. The number of hydrogen-bond acceptors (Lipinski definition) is 11. The number of amides is 2. The van der Waals surface area contributed by atoms with E-state index in [1.54, 1.807) is 12.1 Å². The lowest BCUT2D eigenvalue weighted by Gasteiger charge is -2.27. The van der Waals surface area contributed by atoms with Crippen LogP contribution in [0.25, 0.3) is 22.1 Å². The van der Waals surface area contributed by atoms with Crippen LogP contribution in [-0.2, 0) is 71.2 Å². The van der Waals surface area contributed by atoms with Gasteiger partial charge in [-0.15, -0.1) is 0 Å². The molecule has 0 spiro atoms. The molecule has 2 aliphatic rings. The van der Waals surface area contributed by atoms with Crippen LogP contribution < -0.4 is 26.6 Å². The van der Waals surface area contributed by atoms with E-state index in [2.05, 4.69) is 75.3 Å². The number of rotatable bonds is 20. The van der Waals surface area contributed by atoms with E-state index in [0.717, 1.165) is 119 Å². The number of carbonyl (C=O) groups is 2. The number of hydrogen-bond donors (Lipinski definition) is 5. The number of benzene rings is 1. The molecule has 0 unspecified atom stereocenters. The van der Waals surface area contributed by atoms with E-state index in [-0.39, 0.29) is 49.6 Å². The fraction of sp³-hybridized carbons (Fsp3) is 0.556. The van der Waals surface area contributed by atoms with Gasteiger partial charge in [-0.05, 0) is 92.4 Å². The lowest BCUT2D eigenvalue weighted by Crippen LogP contribution is -2.30. The Morgan fingerprint density at radius 1 is 0.758 bits per heavy atom. The van der Waals surface area contributed by atoms with Crippen LogP contribution in [0, 0.1) is 5.82 Å². The maximum atomic E-state index is 13.6. The largest absolute Gasteiger partial charge is 0.381 e. The van der Waals surface area contributed by atoms with Crippen LogP contribution in [0.3, 0.4) is 0 Å². The lowest BCUT2D eigenvalue weighted by molar-refractivity contribution is -0.122. The highest BCUT2D eigenvalue weighted by molar-refractivity contribution is 9.10. The van der Waals surface area contributed by atoms with Crippen molar-refractivity contribution in [1.29, 1.82) is 0 Å². The first kappa shape index (κ1) is 45.3. The Bertz CT molecular complexity index is 2340. The molecule has 0 saturated carbocycles. The van der Waals surface area contributed by atoms with Crippen molar-refractivity contribution < 1.29 is 23.5 Å². The summed E-state index contributed by atoms with van der Waals surface area (Å²) in [6.07, 6.45) is 7.78. The average molecular weight is 919 g/mol. The number of aryl methyl sites for hydroxylation is 4. The van der Waals surface area contributed by atoms with E-state index in [1.165, 1.54) is 6.07 Å². The third kappa shape index (κ3) is 10.7. The van der Waals surface area contributed by atoms with E-state index in [4.69, 9.17) is 24.5 Å². The second kappa shape index (κ2) is 21.6. The molecule has 5 aromatic rings. The summed E-state index contributed by atoms with van der Waals surface area (Å²) in [6.45, 7) is 14.2. The number of anilines is 2. The normalized spacial score (nSPS) is 15.1. The molecule has 0 bridgehead atoms. The summed E-state index contributed by atoms with van der Waals surface area (Å²) in [6, 6.07) is 5.12. The number of aromatic nitrogens is 6. The minimum absolute atomic E-state index is 0.141. The van der Waals surface area contributed by atoms with Crippen LogP contribution >= 0.6 is 15.9 Å². The van der Waals surface area contributed by atoms with Gasteiger partial charge in [-0.3, -0.25) is 9.59 Å². The minimum atomic E-state index is -0.356. The third-order valence-corrected chi connectivity index (χ3v) is 12.5. The SMILES string of the molecule is CCc1nc2c(cnn2CC)c(NC2CCOCC2)c1CNCc1nn(CC)c2nc(CC)c(CNC(=O)CCCC(=O)NCc3ccc(F)c(Br)c3)c(NC3CCOCC3)c12. The minimum Gasteiger partial charge on any atom is -0.381 e. The zero-order valence-corrected chi connectivity index (χ0v) is 38.1. The molecule has 2 fully saturated rings. The summed E-state index contributed by atoms with van der Waals surface area (Å²) in [5.41, 5.74) is 9.42. The van der Waals surface area contributed by atoms with Gasteiger partial charge in [-0.2, -0.15) is 10.2 Å². The van der Waals surface area contributed by atoms with Gasteiger partial charge in [0, 0.05) is 113 Å². The topological polar surface area (TPSA) is 174 Å². The number of nitrogens with one attached hydrogen (secondary N) is 5. The van der Waals surface area contributed by atoms with Gasteiger partial charge in [-0.25, -0.2) is 23.7 Å². The fourth-order valence-corrected chi connectivity index (χ4v) is 8.85. The Kier molecular flexibility index (Phi) is 15.8. The summed E-state index contributed by atoms with van der Waals surface area (Å²) in [5.74, 6) is -0.663. The van der Waals surface area contributed by atoms with E-state index >= 15 is 0 Å². The van der Waals surface area contributed by atoms with Gasteiger partial charge in [0.25, 0.3) is 0 Å². The third-order valence-electron chi connectivity index (χ3n) is 11.9. The van der Waals surface area contributed by atoms with Crippen molar-refractivity contribution in [2.45, 2.75) is 137 Å². The molecule has 7 rings (SSSR count). The molecule has 0 atom stereocenters. The van der Waals surface area contributed by atoms with Crippen molar-refractivity contribution in [2.24, 2.45) is 0 Å². The second-order valence-corrected chi connectivity index (χ2v) is 16.9. The van der Waals surface area contributed by atoms with Gasteiger partial charge >= 0.3 is 0 Å². The van der Waals surface area contributed by atoms with Crippen LogP contribution in [0.4, 0.5) is 15.8 Å². The highest BCUT2D eigenvalue weighted by Gasteiger charge is 2.26. The molecule has 5 N–H and O–H groups in total. The molecule has 15 nitrogen and oxygen atoms in total. The van der Waals surface area contributed by atoms with Crippen molar-refractivity contribution in [3.05, 3.63) is 68.5 Å². The quantitative estimate of drug-likeness (QED) is 0.0555. The predicted molar refractivity (Wildman–Crippen MR) is 242 cm³/mol. The van der Waals surface area contributed by atoms with E-state index in [1.807, 2.05) is 15.6 Å². The molecule has 62 heavy (non-hydrogen) atoms. The highest BCUT2D eigenvalue weighted by Crippen LogP contribution is 2.35. The van der Waals surface area contributed by atoms with Crippen LogP contribution in [0.5, 0.6) is 0 Å². The molecule has 1 aromatic carbocycles. The fourth-order valence-electron chi connectivity index (χ4n) is 8.42. The van der Waals surface area contributed by atoms with Gasteiger partial charge in [0.05, 0.1) is 38.5 Å². The number of halogens is 2. The Hall–Kier alpha value is -4.71. The molecule has 2 saturated heterocycles. The average Bonchev–Trinajstić information content (AvgIpc) is 3.88. The van der Waals surface area contributed by atoms with Crippen molar-refractivity contribution in [1.82, 2.24) is 45.5 Å². The van der Waals surface area contributed by atoms with Gasteiger partial charge in [0.2, 0.25) is 11.8 Å². The van der Waals surface area contributed by atoms with Crippen LogP contribution in [-0.4, -0.2) is 79.9 Å². The molecule has 17 heteroatoms. The summed E-state index contributed by atoms with van der Waals surface area (Å²) in [5, 5.41) is 29.4. The van der Waals surface area contributed by atoms with Crippen molar-refractivity contribution in [3.63, 3.8) is 0 Å². The van der Waals surface area contributed by atoms with E-state index < -0.39 is 0 Å². The molecular formula is C45H61BrFN11O4. The number of ether oxygens (including phenoxy) is 2. The Labute approximate surface area is 371 Å².